The minimum absolute atomic E-state index is 0.278. The number of carbonyl (C=O) groups excluding carboxylic acids is 2. The second kappa shape index (κ2) is 11.4. The minimum Gasteiger partial charge on any atom is -0.444 e. The normalized spacial score (nSPS) is 16.9. The van der Waals surface area contributed by atoms with Crippen molar-refractivity contribution in [2.75, 3.05) is 11.4 Å². The summed E-state index contributed by atoms with van der Waals surface area (Å²) in [5.74, 6) is -0.706. The van der Waals surface area contributed by atoms with Crippen LogP contribution < -0.4 is 19.7 Å². The predicted octanol–water partition coefficient (Wildman–Crippen LogP) is 6.52. The Hall–Kier alpha value is -3.71. The van der Waals surface area contributed by atoms with Gasteiger partial charge in [-0.05, 0) is 74.7 Å². The third-order valence-corrected chi connectivity index (χ3v) is 6.26. The highest BCUT2D eigenvalue weighted by atomic mass is 35.5. The summed E-state index contributed by atoms with van der Waals surface area (Å²) in [6.45, 7) is 8.13. The molecule has 1 aliphatic heterocycles. The zero-order valence-corrected chi connectivity index (χ0v) is 22.9. The van der Waals surface area contributed by atoms with Crippen LogP contribution >= 0.6 is 11.6 Å². The number of nitrogens with one attached hydrogen (secondary N) is 1. The molecule has 1 aliphatic rings. The Morgan fingerprint density at radius 2 is 1.66 bits per heavy atom. The van der Waals surface area contributed by atoms with Crippen LogP contribution in [0, 0.1) is 0 Å². The highest BCUT2D eigenvalue weighted by Gasteiger charge is 2.49. The van der Waals surface area contributed by atoms with E-state index in [-0.39, 0.29) is 5.91 Å². The molecule has 0 fully saturated rings. The molecule has 38 heavy (non-hydrogen) atoms. The molecule has 4 rings (SSSR count). The SMILES string of the molecule is CCC1(Oc2ccc(CCNC(=O)OC(C)(C)C)cc2)Oc2ccccc2N(Cc2ccc(Cl)cc2)C1=O. The molecule has 200 valence electrons. The largest absolute Gasteiger partial charge is 0.444 e. The molecule has 8 heteroatoms. The van der Waals surface area contributed by atoms with Gasteiger partial charge in [0.15, 0.2) is 0 Å². The van der Waals surface area contributed by atoms with E-state index in [0.717, 1.165) is 11.1 Å². The van der Waals surface area contributed by atoms with Gasteiger partial charge in [-0.3, -0.25) is 9.69 Å². The van der Waals surface area contributed by atoms with E-state index in [4.69, 9.17) is 25.8 Å². The zero-order valence-electron chi connectivity index (χ0n) is 22.1. The van der Waals surface area contributed by atoms with Crippen LogP contribution in [0.3, 0.4) is 0 Å². The van der Waals surface area contributed by atoms with Gasteiger partial charge >= 0.3 is 17.8 Å². The fraction of sp³-hybridized carbons (Fsp3) is 0.333. The number of ether oxygens (including phenoxy) is 3. The van der Waals surface area contributed by atoms with Crippen molar-refractivity contribution in [3.05, 3.63) is 88.9 Å². The Balaban J connectivity index is 1.48. The topological polar surface area (TPSA) is 77.1 Å². The van der Waals surface area contributed by atoms with Crippen molar-refractivity contribution in [1.82, 2.24) is 5.32 Å². The highest BCUT2D eigenvalue weighted by molar-refractivity contribution is 6.30. The van der Waals surface area contributed by atoms with Crippen LogP contribution in [0.15, 0.2) is 72.8 Å². The van der Waals surface area contributed by atoms with Gasteiger partial charge < -0.3 is 19.5 Å². The Labute approximate surface area is 228 Å². The molecular formula is C30H33ClN2O5. The first-order chi connectivity index (χ1) is 18.1. The minimum atomic E-state index is -1.51. The van der Waals surface area contributed by atoms with E-state index in [1.54, 1.807) is 17.0 Å². The van der Waals surface area contributed by atoms with Crippen LogP contribution in [0.25, 0.3) is 0 Å². The maximum Gasteiger partial charge on any atom is 0.407 e. The number of benzene rings is 3. The molecule has 1 N–H and O–H groups in total. The van der Waals surface area contributed by atoms with E-state index >= 15 is 0 Å². The first-order valence-corrected chi connectivity index (χ1v) is 13.1. The number of carbonyl (C=O) groups is 2. The first kappa shape index (κ1) is 27.3. The molecule has 0 aliphatic carbocycles. The zero-order chi connectivity index (χ0) is 27.3. The third kappa shape index (κ3) is 6.58. The summed E-state index contributed by atoms with van der Waals surface area (Å²) < 4.78 is 17.8. The maximum atomic E-state index is 13.9. The Morgan fingerprint density at radius 1 is 1.00 bits per heavy atom. The first-order valence-electron chi connectivity index (χ1n) is 12.7. The molecule has 0 bridgehead atoms. The van der Waals surface area contributed by atoms with E-state index in [0.29, 0.717) is 48.1 Å². The van der Waals surface area contributed by atoms with Crippen LogP contribution in [-0.2, 0) is 22.5 Å². The molecule has 3 aromatic carbocycles. The van der Waals surface area contributed by atoms with E-state index in [1.807, 2.05) is 88.4 Å². The summed E-state index contributed by atoms with van der Waals surface area (Å²) in [5, 5.41) is 3.39. The van der Waals surface area contributed by atoms with Gasteiger partial charge in [0.05, 0.1) is 12.2 Å². The molecule has 3 aromatic rings. The summed E-state index contributed by atoms with van der Waals surface area (Å²) in [4.78, 5) is 27.4. The number of amides is 2. The van der Waals surface area contributed by atoms with Gasteiger partial charge in [0.25, 0.3) is 0 Å². The van der Waals surface area contributed by atoms with Crippen LogP contribution in [-0.4, -0.2) is 29.9 Å². The molecule has 2 amide bonds. The monoisotopic (exact) mass is 536 g/mol. The summed E-state index contributed by atoms with van der Waals surface area (Å²) in [6, 6.07) is 22.3. The van der Waals surface area contributed by atoms with Gasteiger partial charge in [0, 0.05) is 18.0 Å². The number of alkyl carbamates (subject to hydrolysis) is 1. The van der Waals surface area contributed by atoms with Gasteiger partial charge in [0.2, 0.25) is 0 Å². The number of hydrogen-bond donors (Lipinski definition) is 1. The second-order valence-electron chi connectivity index (χ2n) is 10.1. The number of fused-ring (bicyclic) bond motifs is 1. The van der Waals surface area contributed by atoms with Gasteiger partial charge in [-0.25, -0.2) is 4.79 Å². The van der Waals surface area contributed by atoms with E-state index in [2.05, 4.69) is 5.32 Å². The lowest BCUT2D eigenvalue weighted by Crippen LogP contribution is -2.59. The number of hydrogen-bond acceptors (Lipinski definition) is 5. The van der Waals surface area contributed by atoms with Crippen molar-refractivity contribution < 1.29 is 23.8 Å². The second-order valence-corrected chi connectivity index (χ2v) is 10.6. The Bertz CT molecular complexity index is 1270. The highest BCUT2D eigenvalue weighted by Crippen LogP contribution is 2.41. The summed E-state index contributed by atoms with van der Waals surface area (Å²) in [6.07, 6.45) is 0.480. The van der Waals surface area contributed by atoms with E-state index < -0.39 is 17.5 Å². The van der Waals surface area contributed by atoms with Crippen molar-refractivity contribution in [3.63, 3.8) is 0 Å². The predicted molar refractivity (Wildman–Crippen MR) is 148 cm³/mol. The molecular weight excluding hydrogens is 504 g/mol. The van der Waals surface area contributed by atoms with Crippen LogP contribution in [0.4, 0.5) is 10.5 Å². The summed E-state index contributed by atoms with van der Waals surface area (Å²) in [7, 11) is 0. The van der Waals surface area contributed by atoms with Crippen LogP contribution in [0.1, 0.15) is 45.2 Å². The number of para-hydroxylation sites is 2. The lowest BCUT2D eigenvalue weighted by atomic mass is 10.1. The fourth-order valence-electron chi connectivity index (χ4n) is 4.13. The van der Waals surface area contributed by atoms with Gasteiger partial charge in [-0.1, -0.05) is 54.9 Å². The lowest BCUT2D eigenvalue weighted by Gasteiger charge is -2.41. The average molecular weight is 537 g/mol. The number of halogens is 1. The third-order valence-electron chi connectivity index (χ3n) is 6.01. The van der Waals surface area contributed by atoms with E-state index in [1.165, 1.54) is 0 Å². The molecule has 7 nitrogen and oxygen atoms in total. The standard InChI is InChI=1S/C30H33ClN2O5/c1-5-30(36-24-16-12-21(13-17-24)18-19-32-28(35)38-29(2,3)4)27(34)33(20-22-10-14-23(31)15-11-22)25-8-6-7-9-26(25)37-30/h6-17H,5,18-20H2,1-4H3,(H,32,35). The number of rotatable bonds is 8. The molecule has 0 aromatic heterocycles. The quantitative estimate of drug-likeness (QED) is 0.355. The van der Waals surface area contributed by atoms with Crippen molar-refractivity contribution in [1.29, 1.82) is 0 Å². The molecule has 1 heterocycles. The Kier molecular flexibility index (Phi) is 8.17. The lowest BCUT2D eigenvalue weighted by molar-refractivity contribution is -0.167. The Morgan fingerprint density at radius 3 is 2.32 bits per heavy atom. The average Bonchev–Trinajstić information content (AvgIpc) is 2.87. The van der Waals surface area contributed by atoms with Crippen molar-refractivity contribution in [3.8, 4) is 11.5 Å². The molecule has 0 radical (unpaired) electrons. The van der Waals surface area contributed by atoms with Gasteiger partial charge in [-0.15, -0.1) is 0 Å². The maximum absolute atomic E-state index is 13.9. The summed E-state index contributed by atoms with van der Waals surface area (Å²) >= 11 is 6.05. The van der Waals surface area contributed by atoms with Crippen molar-refractivity contribution in [2.24, 2.45) is 0 Å². The fourth-order valence-corrected chi connectivity index (χ4v) is 4.26. The molecule has 1 atom stereocenters. The van der Waals surface area contributed by atoms with Crippen molar-refractivity contribution >= 4 is 29.3 Å². The smallest absolute Gasteiger partial charge is 0.407 e. The van der Waals surface area contributed by atoms with E-state index in [9.17, 15) is 9.59 Å². The molecule has 0 spiro atoms. The molecule has 1 unspecified atom stereocenters. The van der Waals surface area contributed by atoms with Crippen LogP contribution in [0.5, 0.6) is 11.5 Å². The van der Waals surface area contributed by atoms with Crippen molar-refractivity contribution in [2.45, 2.75) is 58.5 Å². The number of anilines is 1. The van der Waals surface area contributed by atoms with Gasteiger partial charge in [-0.2, -0.15) is 0 Å². The number of nitrogens with zero attached hydrogens (tertiary/aromatic N) is 1. The van der Waals surface area contributed by atoms with Gasteiger partial charge in [0.1, 0.15) is 17.1 Å². The molecule has 0 saturated heterocycles. The van der Waals surface area contributed by atoms with Crippen LogP contribution in [0.2, 0.25) is 5.02 Å². The molecule has 0 saturated carbocycles. The summed E-state index contributed by atoms with van der Waals surface area (Å²) in [5.41, 5.74) is 2.09.